The predicted octanol–water partition coefficient (Wildman–Crippen LogP) is 0.598. The van der Waals surface area contributed by atoms with Crippen LogP contribution in [0.4, 0.5) is 0 Å². The molecule has 3 heterocycles. The van der Waals surface area contributed by atoms with Gasteiger partial charge in [0.15, 0.2) is 17.7 Å². The molecule has 0 aromatic carbocycles. The lowest BCUT2D eigenvalue weighted by molar-refractivity contribution is -0.210. The molecule has 21 heavy (non-hydrogen) atoms. The Morgan fingerprint density at radius 1 is 1.00 bits per heavy atom. The monoisotopic (exact) mass is 302 g/mol. The molecule has 5 atom stereocenters. The third-order valence-corrected chi connectivity index (χ3v) is 3.92. The van der Waals surface area contributed by atoms with Crippen molar-refractivity contribution in [2.45, 2.75) is 69.8 Å². The fourth-order valence-corrected chi connectivity index (χ4v) is 3.11. The molecule has 3 aliphatic rings. The maximum absolute atomic E-state index is 11.9. The molecule has 3 saturated heterocycles. The fraction of sp³-hybridized carbons (Fsp3) is 0.929. The van der Waals surface area contributed by atoms with Crippen molar-refractivity contribution in [3.8, 4) is 0 Å². The maximum atomic E-state index is 11.9. The van der Waals surface area contributed by atoms with Gasteiger partial charge < -0.3 is 28.4 Å². The van der Waals surface area contributed by atoms with Crippen LogP contribution in [0.1, 0.15) is 27.7 Å². The minimum absolute atomic E-state index is 0.306. The Morgan fingerprint density at radius 3 is 2.24 bits per heavy atom. The molecule has 120 valence electrons. The Morgan fingerprint density at radius 2 is 1.67 bits per heavy atom. The average Bonchev–Trinajstić information content (AvgIpc) is 2.98. The molecule has 0 aliphatic carbocycles. The predicted molar refractivity (Wildman–Crippen MR) is 69.4 cm³/mol. The number of carbonyl (C=O) groups is 1. The molecule has 7 nitrogen and oxygen atoms in total. The zero-order chi connectivity index (χ0) is 15.4. The Kier molecular flexibility index (Phi) is 3.53. The summed E-state index contributed by atoms with van der Waals surface area (Å²) in [6.45, 7) is 7.69. The van der Waals surface area contributed by atoms with E-state index in [-0.39, 0.29) is 12.2 Å². The van der Waals surface area contributed by atoms with Gasteiger partial charge in [0.25, 0.3) is 0 Å². The van der Waals surface area contributed by atoms with Gasteiger partial charge in [-0.25, -0.2) is 4.79 Å². The van der Waals surface area contributed by atoms with Gasteiger partial charge in [0.2, 0.25) is 0 Å². The largest absolute Gasteiger partial charge is 0.467 e. The van der Waals surface area contributed by atoms with Gasteiger partial charge in [0.1, 0.15) is 24.4 Å². The number of rotatable bonds is 2. The number of ether oxygens (including phenoxy) is 6. The van der Waals surface area contributed by atoms with Crippen molar-refractivity contribution in [1.82, 2.24) is 0 Å². The van der Waals surface area contributed by atoms with Crippen molar-refractivity contribution in [3.63, 3.8) is 0 Å². The van der Waals surface area contributed by atoms with E-state index in [9.17, 15) is 4.79 Å². The molecule has 0 aromatic heterocycles. The second kappa shape index (κ2) is 4.89. The molecule has 3 fully saturated rings. The molecular weight excluding hydrogens is 280 g/mol. The first-order chi connectivity index (χ1) is 9.72. The Bertz CT molecular complexity index is 433. The summed E-state index contributed by atoms with van der Waals surface area (Å²) < 4.78 is 33.7. The Balaban J connectivity index is 1.80. The lowest BCUT2D eigenvalue weighted by Crippen LogP contribution is -2.40. The zero-order valence-electron chi connectivity index (χ0n) is 13.0. The van der Waals surface area contributed by atoms with Gasteiger partial charge in [-0.1, -0.05) is 0 Å². The summed E-state index contributed by atoms with van der Waals surface area (Å²) in [5, 5.41) is 0. The molecule has 3 rings (SSSR count). The van der Waals surface area contributed by atoms with Crippen molar-refractivity contribution in [2.75, 3.05) is 13.7 Å². The summed E-state index contributed by atoms with van der Waals surface area (Å²) in [5.41, 5.74) is 0. The third kappa shape index (κ3) is 2.68. The lowest BCUT2D eigenvalue weighted by Gasteiger charge is -2.26. The van der Waals surface area contributed by atoms with Crippen LogP contribution in [0.25, 0.3) is 0 Å². The minimum atomic E-state index is -0.806. The smallest absolute Gasteiger partial charge is 0.337 e. The van der Waals surface area contributed by atoms with Gasteiger partial charge in [-0.2, -0.15) is 0 Å². The van der Waals surface area contributed by atoms with Crippen LogP contribution in [0.5, 0.6) is 0 Å². The van der Waals surface area contributed by atoms with Gasteiger partial charge in [-0.15, -0.1) is 0 Å². The number of carbonyl (C=O) groups excluding carboxylic acids is 1. The van der Waals surface area contributed by atoms with Crippen LogP contribution in [-0.4, -0.2) is 61.8 Å². The Hall–Kier alpha value is -0.730. The topological polar surface area (TPSA) is 72.5 Å². The number of hydrogen-bond acceptors (Lipinski definition) is 7. The van der Waals surface area contributed by atoms with E-state index < -0.39 is 35.9 Å². The van der Waals surface area contributed by atoms with Crippen LogP contribution in [0, 0.1) is 0 Å². The van der Waals surface area contributed by atoms with Gasteiger partial charge in [-0.05, 0) is 27.7 Å². The highest BCUT2D eigenvalue weighted by atomic mass is 16.8. The first kappa shape index (κ1) is 15.2. The molecule has 0 radical (unpaired) electrons. The van der Waals surface area contributed by atoms with Crippen LogP contribution in [0.3, 0.4) is 0 Å². The molecule has 0 amide bonds. The van der Waals surface area contributed by atoms with Crippen molar-refractivity contribution in [2.24, 2.45) is 0 Å². The normalized spacial score (nSPS) is 43.8. The summed E-state index contributed by atoms with van der Waals surface area (Å²) in [6, 6.07) is 0. The second-order valence-electron chi connectivity index (χ2n) is 6.48. The fourth-order valence-electron chi connectivity index (χ4n) is 3.11. The summed E-state index contributed by atoms with van der Waals surface area (Å²) in [7, 11) is 1.33. The van der Waals surface area contributed by atoms with Crippen LogP contribution in [0.15, 0.2) is 0 Å². The van der Waals surface area contributed by atoms with Crippen LogP contribution >= 0.6 is 0 Å². The van der Waals surface area contributed by atoms with Crippen molar-refractivity contribution < 1.29 is 33.2 Å². The molecule has 0 bridgehead atoms. The third-order valence-electron chi connectivity index (χ3n) is 3.92. The van der Waals surface area contributed by atoms with E-state index >= 15 is 0 Å². The number of hydrogen-bond donors (Lipinski definition) is 0. The van der Waals surface area contributed by atoms with Gasteiger partial charge >= 0.3 is 5.97 Å². The molecule has 0 N–H and O–H groups in total. The minimum Gasteiger partial charge on any atom is -0.467 e. The highest BCUT2D eigenvalue weighted by Gasteiger charge is 2.61. The van der Waals surface area contributed by atoms with E-state index in [0.717, 1.165) is 0 Å². The van der Waals surface area contributed by atoms with Crippen LogP contribution < -0.4 is 0 Å². The highest BCUT2D eigenvalue weighted by Crippen LogP contribution is 2.42. The number of esters is 1. The summed E-state index contributed by atoms with van der Waals surface area (Å²) in [5.74, 6) is -1.90. The molecule has 0 saturated carbocycles. The zero-order valence-corrected chi connectivity index (χ0v) is 13.0. The molecule has 0 aromatic rings. The Labute approximate surface area is 123 Å². The molecule has 0 spiro atoms. The van der Waals surface area contributed by atoms with E-state index in [1.165, 1.54) is 7.11 Å². The summed E-state index contributed by atoms with van der Waals surface area (Å²) in [6.07, 6.45) is -2.42. The van der Waals surface area contributed by atoms with Crippen molar-refractivity contribution in [3.05, 3.63) is 0 Å². The highest BCUT2D eigenvalue weighted by molar-refractivity contribution is 5.76. The standard InChI is InChI=1S/C14H22O7/c1-13(2)17-6-7(19-13)8-9-10(21-14(3,4)20-9)11(18-8)12(15)16-5/h7-11H,6H2,1-5H3/t7-,8-,9+,10+,11+/m1/s1. The lowest BCUT2D eigenvalue weighted by atomic mass is 10.0. The van der Waals surface area contributed by atoms with E-state index in [1.807, 2.05) is 27.7 Å². The molecule has 7 heteroatoms. The molecular formula is C14H22O7. The van der Waals surface area contributed by atoms with Crippen molar-refractivity contribution in [1.29, 1.82) is 0 Å². The maximum Gasteiger partial charge on any atom is 0.337 e. The van der Waals surface area contributed by atoms with Gasteiger partial charge in [-0.3, -0.25) is 0 Å². The number of methoxy groups -OCH3 is 1. The van der Waals surface area contributed by atoms with E-state index in [1.54, 1.807) is 0 Å². The second-order valence-corrected chi connectivity index (χ2v) is 6.48. The summed E-state index contributed by atoms with van der Waals surface area (Å²) in [4.78, 5) is 11.9. The first-order valence-electron chi connectivity index (χ1n) is 7.13. The molecule has 3 aliphatic heterocycles. The number of fused-ring (bicyclic) bond motifs is 1. The SMILES string of the molecule is COC(=O)[C@H]1O[C@H]([C@H]2COC(C)(C)O2)[C@@H]2OC(C)(C)O[C@@H]21. The summed E-state index contributed by atoms with van der Waals surface area (Å²) >= 11 is 0. The van der Waals surface area contributed by atoms with Gasteiger partial charge in [0, 0.05) is 0 Å². The molecule has 0 unspecified atom stereocenters. The average molecular weight is 302 g/mol. The van der Waals surface area contributed by atoms with Crippen LogP contribution in [-0.2, 0) is 33.2 Å². The van der Waals surface area contributed by atoms with Crippen molar-refractivity contribution >= 4 is 5.97 Å². The van der Waals surface area contributed by atoms with E-state index in [2.05, 4.69) is 0 Å². The van der Waals surface area contributed by atoms with Crippen LogP contribution in [0.2, 0.25) is 0 Å². The van der Waals surface area contributed by atoms with E-state index in [0.29, 0.717) is 6.61 Å². The van der Waals surface area contributed by atoms with Gasteiger partial charge in [0.05, 0.1) is 13.7 Å². The van der Waals surface area contributed by atoms with E-state index in [4.69, 9.17) is 28.4 Å². The quantitative estimate of drug-likeness (QED) is 0.692. The first-order valence-corrected chi connectivity index (χ1v) is 7.13.